The molecule has 110 valence electrons. The summed E-state index contributed by atoms with van der Waals surface area (Å²) in [6.07, 6.45) is 0. The van der Waals surface area contributed by atoms with Gasteiger partial charge in [-0.25, -0.2) is 9.78 Å². The second kappa shape index (κ2) is 5.27. The van der Waals surface area contributed by atoms with E-state index in [4.69, 9.17) is 11.6 Å². The molecule has 22 heavy (non-hydrogen) atoms. The first-order valence-electron chi connectivity index (χ1n) is 6.50. The third-order valence-corrected chi connectivity index (χ3v) is 3.64. The Morgan fingerprint density at radius 2 is 1.86 bits per heavy atom. The first-order chi connectivity index (χ1) is 10.5. The Kier molecular flexibility index (Phi) is 3.42. The Bertz CT molecular complexity index is 946. The summed E-state index contributed by atoms with van der Waals surface area (Å²) >= 11 is 6.10. The van der Waals surface area contributed by atoms with E-state index in [-0.39, 0.29) is 5.52 Å². The highest BCUT2D eigenvalue weighted by molar-refractivity contribution is 6.34. The van der Waals surface area contributed by atoms with Gasteiger partial charge >= 0.3 is 5.97 Å². The van der Waals surface area contributed by atoms with Crippen molar-refractivity contribution in [1.82, 2.24) is 9.55 Å². The van der Waals surface area contributed by atoms with Crippen LogP contribution >= 0.6 is 11.6 Å². The number of hydrogen-bond donors (Lipinski definition) is 1. The third kappa shape index (κ3) is 2.25. The number of benzene rings is 2. The summed E-state index contributed by atoms with van der Waals surface area (Å²) in [5, 5.41) is 9.51. The molecule has 1 aromatic heterocycles. The highest BCUT2D eigenvalue weighted by atomic mass is 35.5. The Labute approximate surface area is 130 Å². The fourth-order valence-corrected chi connectivity index (χ4v) is 2.47. The Morgan fingerprint density at radius 3 is 2.50 bits per heavy atom. The van der Waals surface area contributed by atoms with Gasteiger partial charge in [0, 0.05) is 5.69 Å². The Hall–Kier alpha value is -2.66. The maximum absolute atomic E-state index is 12.5. The van der Waals surface area contributed by atoms with Crippen molar-refractivity contribution in [2.75, 3.05) is 0 Å². The zero-order chi connectivity index (χ0) is 15.9. The number of carboxylic acid groups (broad SMARTS) is 1. The summed E-state index contributed by atoms with van der Waals surface area (Å²) in [6, 6.07) is 12.2. The van der Waals surface area contributed by atoms with E-state index >= 15 is 0 Å². The molecule has 3 aromatic rings. The normalized spacial score (nSPS) is 10.8. The van der Waals surface area contributed by atoms with Gasteiger partial charge in [0.2, 0.25) is 5.69 Å². The third-order valence-electron chi connectivity index (χ3n) is 3.33. The molecule has 2 aromatic carbocycles. The van der Waals surface area contributed by atoms with Crippen LogP contribution in [0, 0.1) is 6.92 Å². The average Bonchev–Trinajstić information content (AvgIpc) is 2.48. The van der Waals surface area contributed by atoms with Gasteiger partial charge in [-0.15, -0.1) is 0 Å². The van der Waals surface area contributed by atoms with Crippen LogP contribution in [0.25, 0.3) is 16.7 Å². The number of nitrogens with zero attached hydrogens (tertiary/aromatic N) is 2. The predicted molar refractivity (Wildman–Crippen MR) is 84.0 cm³/mol. The molecule has 0 saturated heterocycles. The van der Waals surface area contributed by atoms with E-state index < -0.39 is 17.2 Å². The first-order valence-corrected chi connectivity index (χ1v) is 6.88. The summed E-state index contributed by atoms with van der Waals surface area (Å²) < 4.78 is 1.32. The number of hydrogen-bond acceptors (Lipinski definition) is 3. The van der Waals surface area contributed by atoms with Gasteiger partial charge in [-0.3, -0.25) is 9.36 Å². The molecule has 3 rings (SSSR count). The molecule has 0 saturated carbocycles. The van der Waals surface area contributed by atoms with E-state index in [1.165, 1.54) is 4.57 Å². The second-order valence-corrected chi connectivity index (χ2v) is 5.26. The van der Waals surface area contributed by atoms with E-state index in [1.54, 1.807) is 30.3 Å². The molecule has 0 fully saturated rings. The van der Waals surface area contributed by atoms with Crippen molar-refractivity contribution in [3.8, 4) is 5.69 Å². The monoisotopic (exact) mass is 314 g/mol. The zero-order valence-corrected chi connectivity index (χ0v) is 12.3. The number of carboxylic acids is 1. The van der Waals surface area contributed by atoms with E-state index in [1.807, 2.05) is 19.1 Å². The van der Waals surface area contributed by atoms with Gasteiger partial charge in [0.05, 0.1) is 10.5 Å². The van der Waals surface area contributed by atoms with Crippen LogP contribution in [0.4, 0.5) is 0 Å². The largest absolute Gasteiger partial charge is 0.476 e. The molecule has 5 nitrogen and oxygen atoms in total. The summed E-state index contributed by atoms with van der Waals surface area (Å²) in [4.78, 5) is 27.7. The van der Waals surface area contributed by atoms with Gasteiger partial charge in [-0.05, 0) is 31.2 Å². The molecule has 6 heteroatoms. The van der Waals surface area contributed by atoms with Gasteiger partial charge in [-0.1, -0.05) is 35.4 Å². The highest BCUT2D eigenvalue weighted by Crippen LogP contribution is 2.22. The van der Waals surface area contributed by atoms with Gasteiger partial charge in [0.1, 0.15) is 5.52 Å². The molecule has 0 spiro atoms. The van der Waals surface area contributed by atoms with Crippen molar-refractivity contribution in [3.63, 3.8) is 0 Å². The number of aryl methyl sites for hydroxylation is 1. The summed E-state index contributed by atoms with van der Waals surface area (Å²) in [5.74, 6) is -1.38. The van der Waals surface area contributed by atoms with Gasteiger partial charge in [0.25, 0.3) is 5.56 Å². The number of carbonyl (C=O) groups is 1. The van der Waals surface area contributed by atoms with Crippen molar-refractivity contribution in [1.29, 1.82) is 0 Å². The smallest absolute Gasteiger partial charge is 0.360 e. The van der Waals surface area contributed by atoms with Crippen LogP contribution in [-0.2, 0) is 0 Å². The van der Waals surface area contributed by atoms with Crippen molar-refractivity contribution in [2.24, 2.45) is 0 Å². The molecule has 0 aliphatic heterocycles. The highest BCUT2D eigenvalue weighted by Gasteiger charge is 2.18. The number of rotatable bonds is 2. The van der Waals surface area contributed by atoms with E-state index in [0.29, 0.717) is 16.2 Å². The number of aromatic carboxylic acids is 1. The van der Waals surface area contributed by atoms with Crippen LogP contribution in [0.3, 0.4) is 0 Å². The lowest BCUT2D eigenvalue weighted by molar-refractivity contribution is 0.0688. The van der Waals surface area contributed by atoms with E-state index in [9.17, 15) is 14.7 Å². The van der Waals surface area contributed by atoms with E-state index in [2.05, 4.69) is 4.98 Å². The molecule has 0 aliphatic carbocycles. The standard InChI is InChI=1S/C16H11ClN2O3/c1-9-5-7-10(8-6-9)19-12-4-2-3-11(17)13(12)18-14(15(19)20)16(21)22/h2-8H,1H3,(H,21,22). The molecule has 0 radical (unpaired) electrons. The average molecular weight is 315 g/mol. The first kappa shape index (κ1) is 14.3. The zero-order valence-electron chi connectivity index (χ0n) is 11.6. The molecule has 1 heterocycles. The molecule has 0 aliphatic rings. The number of halogens is 1. The molecule has 0 atom stereocenters. The van der Waals surface area contributed by atoms with E-state index in [0.717, 1.165) is 5.56 Å². The van der Waals surface area contributed by atoms with Crippen molar-refractivity contribution < 1.29 is 9.90 Å². The summed E-state index contributed by atoms with van der Waals surface area (Å²) in [7, 11) is 0. The fraction of sp³-hybridized carbons (Fsp3) is 0.0625. The summed E-state index contributed by atoms with van der Waals surface area (Å²) in [5.41, 5.74) is 1.10. The van der Waals surface area contributed by atoms with Crippen LogP contribution in [0.5, 0.6) is 0 Å². The van der Waals surface area contributed by atoms with Gasteiger partial charge < -0.3 is 5.11 Å². The molecule has 0 unspecified atom stereocenters. The van der Waals surface area contributed by atoms with Crippen LogP contribution in [0.1, 0.15) is 16.1 Å². The minimum Gasteiger partial charge on any atom is -0.476 e. The molecular formula is C16H11ClN2O3. The predicted octanol–water partition coefficient (Wildman–Crippen LogP) is 3.05. The Balaban J connectivity index is 2.48. The molecule has 0 bridgehead atoms. The van der Waals surface area contributed by atoms with Crippen LogP contribution < -0.4 is 5.56 Å². The minimum absolute atomic E-state index is 0.279. The fourth-order valence-electron chi connectivity index (χ4n) is 2.26. The molecule has 1 N–H and O–H groups in total. The lowest BCUT2D eigenvalue weighted by Crippen LogP contribution is -2.27. The van der Waals surface area contributed by atoms with Crippen molar-refractivity contribution in [3.05, 3.63) is 69.1 Å². The maximum atomic E-state index is 12.5. The maximum Gasteiger partial charge on any atom is 0.360 e. The number of para-hydroxylation sites is 1. The van der Waals surface area contributed by atoms with Crippen LogP contribution in [0.15, 0.2) is 47.3 Å². The van der Waals surface area contributed by atoms with Gasteiger partial charge in [-0.2, -0.15) is 0 Å². The lowest BCUT2D eigenvalue weighted by Gasteiger charge is -2.12. The van der Waals surface area contributed by atoms with Crippen molar-refractivity contribution in [2.45, 2.75) is 6.92 Å². The quantitative estimate of drug-likeness (QED) is 0.789. The van der Waals surface area contributed by atoms with Crippen LogP contribution in [-0.4, -0.2) is 20.6 Å². The SMILES string of the molecule is Cc1ccc(-n2c(=O)c(C(=O)O)nc3c(Cl)cccc32)cc1. The molecular weight excluding hydrogens is 304 g/mol. The Morgan fingerprint density at radius 1 is 1.18 bits per heavy atom. The minimum atomic E-state index is -1.38. The van der Waals surface area contributed by atoms with Crippen molar-refractivity contribution >= 4 is 28.6 Å². The number of fused-ring (bicyclic) bond motifs is 1. The van der Waals surface area contributed by atoms with Crippen LogP contribution in [0.2, 0.25) is 5.02 Å². The number of aromatic nitrogens is 2. The summed E-state index contributed by atoms with van der Waals surface area (Å²) in [6.45, 7) is 1.93. The van der Waals surface area contributed by atoms with Gasteiger partial charge in [0.15, 0.2) is 0 Å². The topological polar surface area (TPSA) is 72.2 Å². The lowest BCUT2D eigenvalue weighted by atomic mass is 10.2. The molecule has 0 amide bonds. The second-order valence-electron chi connectivity index (χ2n) is 4.85.